The molecular formula is C14H23N3OS. The van der Waals surface area contributed by atoms with Gasteiger partial charge in [0.2, 0.25) is 0 Å². The summed E-state index contributed by atoms with van der Waals surface area (Å²) in [4.78, 5) is 14.3. The SMILES string of the molecule is CCCC(CS)Cn1ncc(N2CCCC2)cc1=O. The molecule has 0 radical (unpaired) electrons. The molecule has 1 fully saturated rings. The van der Waals surface area contributed by atoms with Gasteiger partial charge in [-0.25, -0.2) is 4.68 Å². The van der Waals surface area contributed by atoms with Crippen molar-refractivity contribution in [1.82, 2.24) is 9.78 Å². The minimum atomic E-state index is 0.00675. The molecule has 0 aromatic carbocycles. The van der Waals surface area contributed by atoms with Crippen LogP contribution in [0.15, 0.2) is 17.1 Å². The molecule has 19 heavy (non-hydrogen) atoms. The van der Waals surface area contributed by atoms with E-state index in [0.29, 0.717) is 12.5 Å². The van der Waals surface area contributed by atoms with E-state index in [1.54, 1.807) is 10.7 Å². The summed E-state index contributed by atoms with van der Waals surface area (Å²) in [6, 6.07) is 1.72. The first-order valence-corrected chi connectivity index (χ1v) is 7.80. The maximum atomic E-state index is 12.1. The van der Waals surface area contributed by atoms with Crippen LogP contribution in [-0.2, 0) is 6.54 Å². The fourth-order valence-electron chi connectivity index (χ4n) is 2.60. The Kier molecular flexibility index (Phi) is 5.31. The third-order valence-corrected chi connectivity index (χ3v) is 4.23. The lowest BCUT2D eigenvalue weighted by Crippen LogP contribution is -2.29. The predicted octanol–water partition coefficient (Wildman–Crippen LogP) is 2.19. The molecule has 0 amide bonds. The lowest BCUT2D eigenvalue weighted by atomic mass is 10.1. The zero-order chi connectivity index (χ0) is 13.7. The monoisotopic (exact) mass is 281 g/mol. The molecule has 106 valence electrons. The molecule has 0 N–H and O–H groups in total. The van der Waals surface area contributed by atoms with E-state index in [-0.39, 0.29) is 5.56 Å². The number of hydrogen-bond acceptors (Lipinski definition) is 4. The summed E-state index contributed by atoms with van der Waals surface area (Å²) in [6.07, 6.45) is 6.45. The maximum absolute atomic E-state index is 12.1. The van der Waals surface area contributed by atoms with E-state index in [4.69, 9.17) is 0 Å². The van der Waals surface area contributed by atoms with E-state index in [0.717, 1.165) is 37.4 Å². The van der Waals surface area contributed by atoms with Gasteiger partial charge in [-0.1, -0.05) is 13.3 Å². The topological polar surface area (TPSA) is 38.1 Å². The van der Waals surface area contributed by atoms with Crippen LogP contribution in [0, 0.1) is 5.92 Å². The fraction of sp³-hybridized carbons (Fsp3) is 0.714. The molecule has 1 saturated heterocycles. The fourth-order valence-corrected chi connectivity index (χ4v) is 2.90. The van der Waals surface area contributed by atoms with E-state index in [2.05, 4.69) is 29.6 Å². The van der Waals surface area contributed by atoms with Crippen LogP contribution in [0.5, 0.6) is 0 Å². The van der Waals surface area contributed by atoms with Crippen molar-refractivity contribution in [3.05, 3.63) is 22.6 Å². The average Bonchev–Trinajstić information content (AvgIpc) is 2.94. The number of thiol groups is 1. The molecule has 1 aromatic rings. The van der Waals surface area contributed by atoms with Crippen LogP contribution in [0.25, 0.3) is 0 Å². The molecule has 1 aliphatic heterocycles. The normalized spacial score (nSPS) is 16.8. The second-order valence-electron chi connectivity index (χ2n) is 5.27. The van der Waals surface area contributed by atoms with Crippen molar-refractivity contribution in [3.63, 3.8) is 0 Å². The van der Waals surface area contributed by atoms with Crippen molar-refractivity contribution >= 4 is 18.3 Å². The molecule has 1 unspecified atom stereocenters. The molecule has 2 heterocycles. The van der Waals surface area contributed by atoms with Gasteiger partial charge in [0.15, 0.2) is 0 Å². The van der Waals surface area contributed by atoms with Gasteiger partial charge in [0.25, 0.3) is 5.56 Å². The Balaban J connectivity index is 2.08. The molecule has 5 heteroatoms. The Labute approximate surface area is 120 Å². The molecule has 0 saturated carbocycles. The Morgan fingerprint density at radius 3 is 2.74 bits per heavy atom. The average molecular weight is 281 g/mol. The van der Waals surface area contributed by atoms with Gasteiger partial charge in [-0.15, -0.1) is 0 Å². The van der Waals surface area contributed by atoms with Crippen LogP contribution in [0.1, 0.15) is 32.6 Å². The molecule has 2 rings (SSSR count). The van der Waals surface area contributed by atoms with Gasteiger partial charge in [-0.05, 0) is 30.9 Å². The zero-order valence-electron chi connectivity index (χ0n) is 11.6. The molecule has 0 aliphatic carbocycles. The van der Waals surface area contributed by atoms with Crippen LogP contribution in [0.3, 0.4) is 0 Å². The number of aromatic nitrogens is 2. The number of nitrogens with zero attached hydrogens (tertiary/aromatic N) is 3. The van der Waals surface area contributed by atoms with Crippen LogP contribution in [-0.4, -0.2) is 28.6 Å². The Bertz CT molecular complexity index is 454. The van der Waals surface area contributed by atoms with Gasteiger partial charge in [-0.3, -0.25) is 4.79 Å². The predicted molar refractivity (Wildman–Crippen MR) is 82.2 cm³/mol. The van der Waals surface area contributed by atoms with Gasteiger partial charge in [0.1, 0.15) is 0 Å². The summed E-state index contributed by atoms with van der Waals surface area (Å²) in [5.41, 5.74) is 0.976. The van der Waals surface area contributed by atoms with Crippen LogP contribution >= 0.6 is 12.6 Å². The van der Waals surface area contributed by atoms with Crippen LogP contribution in [0.4, 0.5) is 5.69 Å². The highest BCUT2D eigenvalue weighted by Crippen LogP contribution is 2.17. The summed E-state index contributed by atoms with van der Waals surface area (Å²) in [5, 5.41) is 4.32. The first-order valence-electron chi connectivity index (χ1n) is 7.17. The molecule has 4 nitrogen and oxygen atoms in total. The number of hydrogen-bond donors (Lipinski definition) is 1. The zero-order valence-corrected chi connectivity index (χ0v) is 12.5. The van der Waals surface area contributed by atoms with Gasteiger partial charge < -0.3 is 4.90 Å². The second-order valence-corrected chi connectivity index (χ2v) is 5.63. The van der Waals surface area contributed by atoms with Gasteiger partial charge in [-0.2, -0.15) is 17.7 Å². The summed E-state index contributed by atoms with van der Waals surface area (Å²) in [7, 11) is 0. The molecule has 1 atom stereocenters. The van der Waals surface area contributed by atoms with E-state index in [1.807, 2.05) is 6.20 Å². The summed E-state index contributed by atoms with van der Waals surface area (Å²) < 4.78 is 1.58. The molecule has 1 aromatic heterocycles. The number of rotatable bonds is 6. The lowest BCUT2D eigenvalue weighted by Gasteiger charge is -2.18. The van der Waals surface area contributed by atoms with Crippen molar-refractivity contribution in [1.29, 1.82) is 0 Å². The van der Waals surface area contributed by atoms with E-state index in [9.17, 15) is 4.79 Å². The largest absolute Gasteiger partial charge is 0.370 e. The first-order chi connectivity index (χ1) is 9.24. The van der Waals surface area contributed by atoms with Crippen molar-refractivity contribution in [2.24, 2.45) is 5.92 Å². The van der Waals surface area contributed by atoms with E-state index >= 15 is 0 Å². The molecular weight excluding hydrogens is 258 g/mol. The van der Waals surface area contributed by atoms with Crippen molar-refractivity contribution in [2.75, 3.05) is 23.7 Å². The maximum Gasteiger partial charge on any atom is 0.268 e. The minimum Gasteiger partial charge on any atom is -0.370 e. The Morgan fingerprint density at radius 1 is 1.42 bits per heavy atom. The molecule has 0 bridgehead atoms. The standard InChI is InChI=1S/C14H23N3OS/c1-2-5-12(11-19)10-17-14(18)8-13(9-15-17)16-6-3-4-7-16/h8-9,12,19H,2-7,10-11H2,1H3. The summed E-state index contributed by atoms with van der Waals surface area (Å²) in [5.74, 6) is 1.23. The van der Waals surface area contributed by atoms with Crippen molar-refractivity contribution < 1.29 is 0 Å². The summed E-state index contributed by atoms with van der Waals surface area (Å²) >= 11 is 4.35. The van der Waals surface area contributed by atoms with E-state index < -0.39 is 0 Å². The van der Waals surface area contributed by atoms with Crippen LogP contribution in [0.2, 0.25) is 0 Å². The first kappa shape index (κ1) is 14.4. The highest BCUT2D eigenvalue weighted by Gasteiger charge is 2.14. The van der Waals surface area contributed by atoms with Crippen LogP contribution < -0.4 is 10.5 Å². The molecule has 1 aliphatic rings. The van der Waals surface area contributed by atoms with Gasteiger partial charge in [0.05, 0.1) is 11.9 Å². The van der Waals surface area contributed by atoms with Gasteiger partial charge in [0, 0.05) is 25.7 Å². The van der Waals surface area contributed by atoms with Crippen molar-refractivity contribution in [3.8, 4) is 0 Å². The van der Waals surface area contributed by atoms with E-state index in [1.165, 1.54) is 12.8 Å². The van der Waals surface area contributed by atoms with Crippen molar-refractivity contribution in [2.45, 2.75) is 39.2 Å². The van der Waals surface area contributed by atoms with Gasteiger partial charge >= 0.3 is 0 Å². The smallest absolute Gasteiger partial charge is 0.268 e. The third kappa shape index (κ3) is 3.75. The Hall–Kier alpha value is -0.970. The summed E-state index contributed by atoms with van der Waals surface area (Å²) in [6.45, 7) is 4.92. The minimum absolute atomic E-state index is 0.00675. The highest BCUT2D eigenvalue weighted by molar-refractivity contribution is 7.80. The number of anilines is 1. The lowest BCUT2D eigenvalue weighted by molar-refractivity contribution is 0.414. The quantitative estimate of drug-likeness (QED) is 0.812. The highest BCUT2D eigenvalue weighted by atomic mass is 32.1. The Morgan fingerprint density at radius 2 is 2.16 bits per heavy atom. The second kappa shape index (κ2) is 6.98. The third-order valence-electron chi connectivity index (χ3n) is 3.71. The molecule has 0 spiro atoms.